The van der Waals surface area contributed by atoms with Crippen molar-refractivity contribution in [3.8, 4) is 0 Å². The van der Waals surface area contributed by atoms with Crippen molar-refractivity contribution in [2.75, 3.05) is 19.6 Å². The molecule has 0 aliphatic carbocycles. The number of aryl methyl sites for hydroxylation is 2. The van der Waals surface area contributed by atoms with Crippen LogP contribution in [0.2, 0.25) is 0 Å². The Kier molecular flexibility index (Phi) is 6.13. The summed E-state index contributed by atoms with van der Waals surface area (Å²) in [6, 6.07) is 0.0187. The molecule has 10 heteroatoms. The Balaban J connectivity index is 1.61. The number of nitrogens with one attached hydrogen (secondary N) is 1. The molecule has 1 N–H and O–H groups in total. The number of nitrogens with zero attached hydrogens (tertiary/aromatic N) is 5. The van der Waals surface area contributed by atoms with Gasteiger partial charge in [0.15, 0.2) is 0 Å². The van der Waals surface area contributed by atoms with Crippen molar-refractivity contribution in [2.24, 2.45) is 13.0 Å². The van der Waals surface area contributed by atoms with Gasteiger partial charge in [0.25, 0.3) is 0 Å². The summed E-state index contributed by atoms with van der Waals surface area (Å²) >= 11 is 0. The molecule has 0 bridgehead atoms. The molecule has 2 aromatic heterocycles. The predicted molar refractivity (Wildman–Crippen MR) is 109 cm³/mol. The minimum Gasteiger partial charge on any atom is -0.354 e. The third-order valence-corrected chi connectivity index (χ3v) is 7.57. The average Bonchev–Trinajstić information content (AvgIpc) is 3.25. The summed E-state index contributed by atoms with van der Waals surface area (Å²) in [5.74, 6) is -0.467. The van der Waals surface area contributed by atoms with Gasteiger partial charge in [0.05, 0.1) is 23.9 Å². The number of hydrogen-bond donors (Lipinski definition) is 1. The summed E-state index contributed by atoms with van der Waals surface area (Å²) in [5.41, 5.74) is 3.24. The molecule has 3 rings (SSSR count). The van der Waals surface area contributed by atoms with Crippen LogP contribution in [-0.4, -0.2) is 57.8 Å². The predicted octanol–water partition coefficient (Wildman–Crippen LogP) is 1.32. The fourth-order valence-electron chi connectivity index (χ4n) is 3.71. The molecule has 160 valence electrons. The number of carbonyl (C=O) groups excluding carboxylic acids is 1. The topological polar surface area (TPSA) is 102 Å². The normalized spacial score (nSPS) is 19.3. The quantitative estimate of drug-likeness (QED) is 0.756. The van der Waals surface area contributed by atoms with Gasteiger partial charge in [-0.3, -0.25) is 14.2 Å². The Hall–Kier alpha value is -2.20. The Morgan fingerprint density at radius 2 is 2.07 bits per heavy atom. The molecule has 0 radical (unpaired) electrons. The lowest BCUT2D eigenvalue weighted by molar-refractivity contribution is -0.126. The zero-order valence-corrected chi connectivity index (χ0v) is 18.5. The lowest BCUT2D eigenvalue weighted by Crippen LogP contribution is -2.46. The van der Waals surface area contributed by atoms with Gasteiger partial charge in [0, 0.05) is 38.6 Å². The van der Waals surface area contributed by atoms with Crippen LogP contribution in [0.5, 0.6) is 0 Å². The Morgan fingerprint density at radius 1 is 1.34 bits per heavy atom. The summed E-state index contributed by atoms with van der Waals surface area (Å²) in [5, 5.41) is 11.5. The summed E-state index contributed by atoms with van der Waals surface area (Å²) in [6.45, 7) is 9.11. The molecule has 2 atom stereocenters. The molecule has 3 heterocycles. The van der Waals surface area contributed by atoms with Crippen molar-refractivity contribution in [3.63, 3.8) is 0 Å². The van der Waals surface area contributed by atoms with Crippen molar-refractivity contribution in [2.45, 2.75) is 51.5 Å². The molecule has 2 aromatic rings. The van der Waals surface area contributed by atoms with Crippen LogP contribution in [-0.2, 0) is 21.9 Å². The molecule has 1 aliphatic heterocycles. The van der Waals surface area contributed by atoms with Gasteiger partial charge in [-0.1, -0.05) is 0 Å². The first-order valence-electron chi connectivity index (χ1n) is 9.90. The molecule has 0 unspecified atom stereocenters. The number of carbonyl (C=O) groups is 1. The number of hydrogen-bond acceptors (Lipinski definition) is 5. The Bertz CT molecular complexity index is 994. The van der Waals surface area contributed by atoms with Crippen LogP contribution in [0.25, 0.3) is 0 Å². The average molecular weight is 423 g/mol. The summed E-state index contributed by atoms with van der Waals surface area (Å²) < 4.78 is 30.4. The zero-order chi connectivity index (χ0) is 21.3. The van der Waals surface area contributed by atoms with Gasteiger partial charge in [0.2, 0.25) is 15.9 Å². The minimum atomic E-state index is -3.63. The molecule has 1 fully saturated rings. The largest absolute Gasteiger partial charge is 0.354 e. The Morgan fingerprint density at radius 3 is 2.66 bits per heavy atom. The lowest BCUT2D eigenvalue weighted by atomic mass is 9.99. The van der Waals surface area contributed by atoms with E-state index in [1.165, 1.54) is 21.4 Å². The molecule has 29 heavy (non-hydrogen) atoms. The SMILES string of the molecule is Cc1nn([C@@H](C)CNC(=O)[C@@H]2CCCN(S(=O)(=O)c3cnn(C)c3)C2)c(C)c1C. The first kappa shape index (κ1) is 21.5. The molecule has 9 nitrogen and oxygen atoms in total. The van der Waals surface area contributed by atoms with Crippen molar-refractivity contribution >= 4 is 15.9 Å². The van der Waals surface area contributed by atoms with Crippen molar-refractivity contribution in [3.05, 3.63) is 29.3 Å². The number of piperidine rings is 1. The summed E-state index contributed by atoms with van der Waals surface area (Å²) in [4.78, 5) is 12.9. The highest BCUT2D eigenvalue weighted by Gasteiger charge is 2.34. The first-order chi connectivity index (χ1) is 13.6. The highest BCUT2D eigenvalue weighted by atomic mass is 32.2. The van der Waals surface area contributed by atoms with Crippen molar-refractivity contribution < 1.29 is 13.2 Å². The van der Waals surface area contributed by atoms with E-state index >= 15 is 0 Å². The second-order valence-electron chi connectivity index (χ2n) is 7.89. The van der Waals surface area contributed by atoms with Gasteiger partial charge in [0.1, 0.15) is 4.90 Å². The van der Waals surface area contributed by atoms with Crippen LogP contribution < -0.4 is 5.32 Å². The van der Waals surface area contributed by atoms with Crippen LogP contribution in [0.3, 0.4) is 0 Å². The van der Waals surface area contributed by atoms with Gasteiger partial charge in [-0.2, -0.15) is 14.5 Å². The minimum absolute atomic E-state index is 0.0187. The number of aromatic nitrogens is 4. The van der Waals surface area contributed by atoms with Crippen molar-refractivity contribution in [1.29, 1.82) is 0 Å². The highest BCUT2D eigenvalue weighted by molar-refractivity contribution is 7.89. The molecular formula is C19H30N6O3S. The second-order valence-corrected chi connectivity index (χ2v) is 9.82. The van der Waals surface area contributed by atoms with E-state index in [9.17, 15) is 13.2 Å². The van der Waals surface area contributed by atoms with E-state index in [4.69, 9.17) is 0 Å². The second kappa shape index (κ2) is 8.27. The smallest absolute Gasteiger partial charge is 0.246 e. The number of sulfonamides is 1. The van der Waals surface area contributed by atoms with E-state index in [1.54, 1.807) is 7.05 Å². The van der Waals surface area contributed by atoms with E-state index < -0.39 is 10.0 Å². The van der Waals surface area contributed by atoms with Crippen LogP contribution in [0.4, 0.5) is 0 Å². The number of rotatable bonds is 6. The zero-order valence-electron chi connectivity index (χ0n) is 17.7. The molecule has 0 saturated carbocycles. The standard InChI is InChI=1S/C19H30N6O3S/c1-13(25-16(4)14(2)15(3)22-25)9-20-19(26)17-7-6-8-24(11-17)29(27,28)18-10-21-23(5)12-18/h10,12-13,17H,6-9,11H2,1-5H3,(H,20,26)/t13-,17+/m0/s1. The number of amides is 1. The highest BCUT2D eigenvalue weighted by Crippen LogP contribution is 2.24. The third kappa shape index (κ3) is 4.37. The monoisotopic (exact) mass is 422 g/mol. The van der Waals surface area contributed by atoms with E-state index in [1.807, 2.05) is 32.4 Å². The maximum Gasteiger partial charge on any atom is 0.246 e. The van der Waals surface area contributed by atoms with Gasteiger partial charge >= 0.3 is 0 Å². The molecular weight excluding hydrogens is 392 g/mol. The molecule has 1 aliphatic rings. The summed E-state index contributed by atoms with van der Waals surface area (Å²) in [6.07, 6.45) is 4.16. The van der Waals surface area contributed by atoms with Gasteiger partial charge in [-0.05, 0) is 46.1 Å². The summed E-state index contributed by atoms with van der Waals surface area (Å²) in [7, 11) is -1.96. The van der Waals surface area contributed by atoms with E-state index in [2.05, 4.69) is 15.5 Å². The van der Waals surface area contributed by atoms with Crippen LogP contribution in [0.15, 0.2) is 17.3 Å². The molecule has 1 amide bonds. The molecule has 0 aromatic carbocycles. The Labute approximate surface area is 172 Å². The van der Waals surface area contributed by atoms with E-state index in [0.717, 1.165) is 17.0 Å². The van der Waals surface area contributed by atoms with Gasteiger partial charge in [-0.15, -0.1) is 0 Å². The maximum absolute atomic E-state index is 12.8. The van der Waals surface area contributed by atoms with Crippen molar-refractivity contribution in [1.82, 2.24) is 29.2 Å². The van der Waals surface area contributed by atoms with Crippen LogP contribution in [0.1, 0.15) is 42.8 Å². The van der Waals surface area contributed by atoms with Gasteiger partial charge < -0.3 is 5.32 Å². The first-order valence-corrected chi connectivity index (χ1v) is 11.3. The van der Waals surface area contributed by atoms with E-state index in [0.29, 0.717) is 25.9 Å². The van der Waals surface area contributed by atoms with E-state index in [-0.39, 0.29) is 29.3 Å². The van der Waals surface area contributed by atoms with Gasteiger partial charge in [-0.25, -0.2) is 8.42 Å². The van der Waals surface area contributed by atoms with Crippen LogP contribution >= 0.6 is 0 Å². The maximum atomic E-state index is 12.8. The van der Waals surface area contributed by atoms with Crippen LogP contribution in [0, 0.1) is 26.7 Å². The molecule has 0 spiro atoms. The lowest BCUT2D eigenvalue weighted by Gasteiger charge is -2.31. The fraction of sp³-hybridized carbons (Fsp3) is 0.632. The fourth-order valence-corrected chi connectivity index (χ4v) is 5.22. The molecule has 1 saturated heterocycles. The third-order valence-electron chi connectivity index (χ3n) is 5.75.